The third-order valence-corrected chi connectivity index (χ3v) is 4.78. The lowest BCUT2D eigenvalue weighted by Crippen LogP contribution is -2.35. The van der Waals surface area contributed by atoms with E-state index in [0.29, 0.717) is 12.3 Å². The number of anilines is 2. The maximum absolute atomic E-state index is 12.9. The van der Waals surface area contributed by atoms with Gasteiger partial charge in [-0.25, -0.2) is 0 Å². The van der Waals surface area contributed by atoms with E-state index in [9.17, 15) is 4.79 Å². The number of rotatable bonds is 14. The van der Waals surface area contributed by atoms with Gasteiger partial charge in [-0.1, -0.05) is 25.5 Å². The van der Waals surface area contributed by atoms with Crippen molar-refractivity contribution < 1.29 is 14.3 Å². The molecule has 0 atom stereocenters. The van der Waals surface area contributed by atoms with Gasteiger partial charge in [-0.2, -0.15) is 0 Å². The molecule has 0 radical (unpaired) electrons. The first-order valence-corrected chi connectivity index (χ1v) is 10.7. The van der Waals surface area contributed by atoms with Crippen molar-refractivity contribution in [3.8, 4) is 11.5 Å². The Morgan fingerprint density at radius 3 is 2.57 bits per heavy atom. The third-order valence-electron chi connectivity index (χ3n) is 4.78. The molecule has 0 aliphatic carbocycles. The molecule has 0 fully saturated rings. The van der Waals surface area contributed by atoms with Crippen molar-refractivity contribution in [3.05, 3.63) is 61.2 Å². The van der Waals surface area contributed by atoms with E-state index in [1.807, 2.05) is 47.4 Å². The van der Waals surface area contributed by atoms with Gasteiger partial charge in [-0.15, -0.1) is 6.58 Å². The van der Waals surface area contributed by atoms with Crippen molar-refractivity contribution in [2.75, 3.05) is 37.0 Å². The van der Waals surface area contributed by atoms with E-state index in [0.717, 1.165) is 55.8 Å². The molecule has 0 bridgehead atoms. The van der Waals surface area contributed by atoms with Gasteiger partial charge in [0.2, 0.25) is 0 Å². The van der Waals surface area contributed by atoms with E-state index >= 15 is 0 Å². The van der Waals surface area contributed by atoms with Crippen molar-refractivity contribution in [3.63, 3.8) is 0 Å². The molecule has 2 rings (SSSR count). The largest absolute Gasteiger partial charge is 0.497 e. The van der Waals surface area contributed by atoms with Crippen molar-refractivity contribution in [2.45, 2.75) is 39.0 Å². The van der Waals surface area contributed by atoms with E-state index in [4.69, 9.17) is 9.47 Å². The molecule has 5 nitrogen and oxygen atoms in total. The zero-order chi connectivity index (χ0) is 21.6. The second-order valence-corrected chi connectivity index (χ2v) is 7.12. The smallest absolute Gasteiger partial charge is 0.264 e. The molecule has 162 valence electrons. The predicted octanol–water partition coefficient (Wildman–Crippen LogP) is 5.68. The van der Waals surface area contributed by atoms with Crippen molar-refractivity contribution in [1.82, 2.24) is 0 Å². The molecule has 0 aromatic heterocycles. The van der Waals surface area contributed by atoms with Crippen LogP contribution in [0.5, 0.6) is 11.5 Å². The topological polar surface area (TPSA) is 50.8 Å². The van der Waals surface area contributed by atoms with Gasteiger partial charge in [0.05, 0.1) is 7.11 Å². The van der Waals surface area contributed by atoms with Crippen LogP contribution >= 0.6 is 0 Å². The Balaban J connectivity index is 1.99. The number of unbranched alkanes of at least 4 members (excludes halogenated alkanes) is 3. The lowest BCUT2D eigenvalue weighted by molar-refractivity contribution is -0.120. The molecule has 0 saturated heterocycles. The number of ether oxygens (including phenoxy) is 2. The molecule has 0 aliphatic heterocycles. The number of allylic oxidation sites excluding steroid dienone is 1. The highest BCUT2D eigenvalue weighted by molar-refractivity contribution is 5.94. The number of methoxy groups -OCH3 is 1. The first kappa shape index (κ1) is 23.3. The SMILES string of the molecule is C=CCCCCNc1cccc(N(CCCC)C(=O)COc2ccc(OC)cc2)c1. The number of carbonyl (C=O) groups excluding carboxylic acids is 1. The fraction of sp³-hybridized carbons (Fsp3) is 0.400. The minimum Gasteiger partial charge on any atom is -0.497 e. The molecule has 2 aromatic rings. The summed E-state index contributed by atoms with van der Waals surface area (Å²) in [7, 11) is 1.62. The van der Waals surface area contributed by atoms with Gasteiger partial charge in [-0.05, 0) is 68.1 Å². The van der Waals surface area contributed by atoms with Crippen LogP contribution < -0.4 is 19.7 Å². The summed E-state index contributed by atoms with van der Waals surface area (Å²) in [5.41, 5.74) is 1.92. The Bertz CT molecular complexity index is 774. The van der Waals surface area contributed by atoms with Crippen LogP contribution in [0, 0.1) is 0 Å². The van der Waals surface area contributed by atoms with Gasteiger partial charge in [0.15, 0.2) is 6.61 Å². The lowest BCUT2D eigenvalue weighted by atomic mass is 10.2. The van der Waals surface area contributed by atoms with Crippen molar-refractivity contribution in [1.29, 1.82) is 0 Å². The zero-order valence-electron chi connectivity index (χ0n) is 18.2. The Kier molecular flexibility index (Phi) is 10.3. The predicted molar refractivity (Wildman–Crippen MR) is 125 cm³/mol. The quantitative estimate of drug-likeness (QED) is 0.322. The van der Waals surface area contributed by atoms with E-state index in [1.165, 1.54) is 0 Å². The summed E-state index contributed by atoms with van der Waals surface area (Å²) in [6, 6.07) is 15.3. The van der Waals surface area contributed by atoms with Crippen LogP contribution in [0.25, 0.3) is 0 Å². The number of nitrogens with zero attached hydrogens (tertiary/aromatic N) is 1. The van der Waals surface area contributed by atoms with Crippen molar-refractivity contribution >= 4 is 17.3 Å². The summed E-state index contributed by atoms with van der Waals surface area (Å²) >= 11 is 0. The molecule has 30 heavy (non-hydrogen) atoms. The molecule has 1 N–H and O–H groups in total. The molecule has 0 aliphatic rings. The Labute approximate surface area is 180 Å². The number of nitrogens with one attached hydrogen (secondary N) is 1. The summed E-state index contributed by atoms with van der Waals surface area (Å²) in [5, 5.41) is 3.45. The number of hydrogen-bond donors (Lipinski definition) is 1. The van der Waals surface area contributed by atoms with E-state index in [-0.39, 0.29) is 12.5 Å². The number of benzene rings is 2. The third kappa shape index (κ3) is 7.82. The van der Waals surface area contributed by atoms with Gasteiger partial charge in [-0.3, -0.25) is 4.79 Å². The summed E-state index contributed by atoms with van der Waals surface area (Å²) in [6.45, 7) is 7.45. The van der Waals surface area contributed by atoms with Crippen LogP contribution in [0.2, 0.25) is 0 Å². The van der Waals surface area contributed by atoms with Crippen LogP contribution in [0.1, 0.15) is 39.0 Å². The monoisotopic (exact) mass is 410 g/mol. The molecule has 0 saturated carbocycles. The molecule has 5 heteroatoms. The minimum atomic E-state index is -0.0533. The highest BCUT2D eigenvalue weighted by Crippen LogP contribution is 2.22. The average molecular weight is 411 g/mol. The molecule has 0 heterocycles. The minimum absolute atomic E-state index is 0.00471. The number of amides is 1. The highest BCUT2D eigenvalue weighted by atomic mass is 16.5. The Hall–Kier alpha value is -2.95. The van der Waals surface area contributed by atoms with Crippen LogP contribution in [0.15, 0.2) is 61.2 Å². The molecule has 2 aromatic carbocycles. The molecule has 0 unspecified atom stereocenters. The highest BCUT2D eigenvalue weighted by Gasteiger charge is 2.16. The normalized spacial score (nSPS) is 10.3. The summed E-state index contributed by atoms with van der Waals surface area (Å²) in [4.78, 5) is 14.8. The second-order valence-electron chi connectivity index (χ2n) is 7.12. The van der Waals surface area contributed by atoms with Gasteiger partial charge >= 0.3 is 0 Å². The molecule has 0 spiro atoms. The summed E-state index contributed by atoms with van der Waals surface area (Å²) < 4.78 is 10.9. The summed E-state index contributed by atoms with van der Waals surface area (Å²) in [5.74, 6) is 1.35. The van der Waals surface area contributed by atoms with E-state index < -0.39 is 0 Å². The van der Waals surface area contributed by atoms with Crippen LogP contribution in [0.4, 0.5) is 11.4 Å². The first-order chi connectivity index (χ1) is 14.7. The van der Waals surface area contributed by atoms with Crippen molar-refractivity contribution in [2.24, 2.45) is 0 Å². The Morgan fingerprint density at radius 1 is 1.10 bits per heavy atom. The first-order valence-electron chi connectivity index (χ1n) is 10.7. The zero-order valence-corrected chi connectivity index (χ0v) is 18.2. The molecular formula is C25H34N2O3. The molecular weight excluding hydrogens is 376 g/mol. The van der Waals surface area contributed by atoms with Crippen LogP contribution in [-0.2, 0) is 4.79 Å². The lowest BCUT2D eigenvalue weighted by Gasteiger charge is -2.23. The maximum atomic E-state index is 12.9. The number of hydrogen-bond acceptors (Lipinski definition) is 4. The van der Waals surface area contributed by atoms with Gasteiger partial charge in [0.1, 0.15) is 11.5 Å². The van der Waals surface area contributed by atoms with Gasteiger partial charge in [0, 0.05) is 24.5 Å². The fourth-order valence-electron chi connectivity index (χ4n) is 3.04. The standard InChI is InChI=1S/C25H34N2O3/c1-4-6-8-9-17-26-21-11-10-12-22(19-21)27(18-7-5-2)25(28)20-30-24-15-13-23(29-3)14-16-24/h4,10-16,19,26H,1,5-9,17-18,20H2,2-3H3. The van der Waals surface area contributed by atoms with Gasteiger partial charge < -0.3 is 19.7 Å². The van der Waals surface area contributed by atoms with Crippen LogP contribution in [0.3, 0.4) is 0 Å². The van der Waals surface area contributed by atoms with Crippen LogP contribution in [-0.4, -0.2) is 32.7 Å². The average Bonchev–Trinajstić information content (AvgIpc) is 2.78. The maximum Gasteiger partial charge on any atom is 0.264 e. The fourth-order valence-corrected chi connectivity index (χ4v) is 3.04. The van der Waals surface area contributed by atoms with E-state index in [1.54, 1.807) is 19.2 Å². The second kappa shape index (κ2) is 13.3. The van der Waals surface area contributed by atoms with Gasteiger partial charge in [0.25, 0.3) is 5.91 Å². The Morgan fingerprint density at radius 2 is 1.87 bits per heavy atom. The summed E-state index contributed by atoms with van der Waals surface area (Å²) in [6.07, 6.45) is 7.16. The molecule has 1 amide bonds. The number of carbonyl (C=O) groups is 1. The van der Waals surface area contributed by atoms with E-state index in [2.05, 4.69) is 18.8 Å².